The summed E-state index contributed by atoms with van der Waals surface area (Å²) in [6.07, 6.45) is 2.67. The van der Waals surface area contributed by atoms with E-state index in [0.29, 0.717) is 18.5 Å². The maximum Gasteiger partial charge on any atom is 0.244 e. The highest BCUT2D eigenvalue weighted by Gasteiger charge is 2.28. The van der Waals surface area contributed by atoms with E-state index < -0.39 is 0 Å². The van der Waals surface area contributed by atoms with Crippen LogP contribution in [0.4, 0.5) is 21.8 Å². The van der Waals surface area contributed by atoms with Crippen LogP contribution in [0.3, 0.4) is 0 Å². The second-order valence-corrected chi connectivity index (χ2v) is 6.17. The molecule has 1 unspecified atom stereocenters. The zero-order chi connectivity index (χ0) is 17.2. The molecule has 1 N–H and O–H groups in total. The van der Waals surface area contributed by atoms with Gasteiger partial charge in [-0.15, -0.1) is 5.10 Å². The molecule has 2 aromatic carbocycles. The van der Waals surface area contributed by atoms with E-state index in [-0.39, 0.29) is 5.82 Å². The van der Waals surface area contributed by atoms with Crippen LogP contribution in [-0.4, -0.2) is 21.2 Å². The topological polar surface area (TPSA) is 53.9 Å². The first kappa shape index (κ1) is 15.5. The fourth-order valence-corrected chi connectivity index (χ4v) is 3.18. The van der Waals surface area contributed by atoms with Crippen LogP contribution in [-0.2, 0) is 13.0 Å². The van der Waals surface area contributed by atoms with Crippen LogP contribution in [0.25, 0.3) is 0 Å². The number of hydrogen-bond acceptors (Lipinski definition) is 5. The lowest BCUT2D eigenvalue weighted by molar-refractivity contribution is 0.627. The lowest BCUT2D eigenvalue weighted by atomic mass is 10.1. The molecule has 25 heavy (non-hydrogen) atoms. The van der Waals surface area contributed by atoms with Crippen molar-refractivity contribution < 1.29 is 4.39 Å². The number of hydrogen-bond donors (Lipinski definition) is 1. The van der Waals surface area contributed by atoms with Gasteiger partial charge in [-0.05, 0) is 42.7 Å². The van der Waals surface area contributed by atoms with Crippen molar-refractivity contribution in [3.8, 4) is 0 Å². The molecule has 0 saturated carbocycles. The van der Waals surface area contributed by atoms with Gasteiger partial charge in [0.15, 0.2) is 5.82 Å². The predicted molar refractivity (Wildman–Crippen MR) is 95.3 cm³/mol. The minimum atomic E-state index is -0.245. The number of halogens is 1. The summed E-state index contributed by atoms with van der Waals surface area (Å²) >= 11 is 0. The van der Waals surface area contributed by atoms with Gasteiger partial charge in [-0.3, -0.25) is 0 Å². The van der Waals surface area contributed by atoms with Crippen molar-refractivity contribution in [1.29, 1.82) is 0 Å². The van der Waals surface area contributed by atoms with E-state index in [2.05, 4.69) is 50.5 Å². The SMILES string of the molecule is CC1Cc2ccccc2N1c1cnnc(NCc2ccc(F)cc2)n1. The summed E-state index contributed by atoms with van der Waals surface area (Å²) in [5, 5.41) is 11.3. The monoisotopic (exact) mass is 335 g/mol. The summed E-state index contributed by atoms with van der Waals surface area (Å²) in [5.74, 6) is 0.984. The first-order valence-corrected chi connectivity index (χ1v) is 8.26. The van der Waals surface area contributed by atoms with Gasteiger partial charge in [-0.1, -0.05) is 30.3 Å². The summed E-state index contributed by atoms with van der Waals surface area (Å²) in [5.41, 5.74) is 3.43. The van der Waals surface area contributed by atoms with Crippen molar-refractivity contribution in [3.05, 3.63) is 71.7 Å². The van der Waals surface area contributed by atoms with E-state index in [1.165, 1.54) is 23.4 Å². The summed E-state index contributed by atoms with van der Waals surface area (Å²) in [6.45, 7) is 2.69. The third-order valence-electron chi connectivity index (χ3n) is 4.36. The van der Waals surface area contributed by atoms with Crippen LogP contribution in [0.15, 0.2) is 54.7 Å². The lowest BCUT2D eigenvalue weighted by Gasteiger charge is -2.23. The minimum absolute atomic E-state index is 0.245. The van der Waals surface area contributed by atoms with Crippen LogP contribution in [0.5, 0.6) is 0 Å². The predicted octanol–water partition coefficient (Wildman–Crippen LogP) is 3.71. The highest BCUT2D eigenvalue weighted by molar-refractivity contribution is 5.68. The standard InChI is InChI=1S/C19H18FN5/c1-13-10-15-4-2-3-5-17(15)25(13)18-12-22-24-19(23-18)21-11-14-6-8-16(20)9-7-14/h2-9,12-13H,10-11H2,1H3,(H,21,23,24). The molecule has 0 saturated heterocycles. The number of aromatic nitrogens is 3. The molecule has 1 aliphatic rings. The van der Waals surface area contributed by atoms with Crippen molar-refractivity contribution in [1.82, 2.24) is 15.2 Å². The van der Waals surface area contributed by atoms with E-state index in [1.54, 1.807) is 18.3 Å². The number of anilines is 3. The van der Waals surface area contributed by atoms with Crippen LogP contribution in [0.1, 0.15) is 18.1 Å². The fraction of sp³-hybridized carbons (Fsp3) is 0.211. The molecule has 5 nitrogen and oxygen atoms in total. The Morgan fingerprint density at radius 2 is 1.96 bits per heavy atom. The fourth-order valence-electron chi connectivity index (χ4n) is 3.18. The van der Waals surface area contributed by atoms with Gasteiger partial charge in [-0.2, -0.15) is 10.1 Å². The van der Waals surface area contributed by atoms with Crippen molar-refractivity contribution >= 4 is 17.5 Å². The van der Waals surface area contributed by atoms with E-state index in [4.69, 9.17) is 0 Å². The van der Waals surface area contributed by atoms with Gasteiger partial charge in [0.05, 0.1) is 6.20 Å². The zero-order valence-corrected chi connectivity index (χ0v) is 13.9. The Morgan fingerprint density at radius 1 is 1.16 bits per heavy atom. The molecule has 0 aliphatic carbocycles. The average Bonchev–Trinajstić information content (AvgIpc) is 2.97. The number of rotatable bonds is 4. The van der Waals surface area contributed by atoms with Gasteiger partial charge in [0.25, 0.3) is 0 Å². The largest absolute Gasteiger partial charge is 0.349 e. The highest BCUT2D eigenvalue weighted by Crippen LogP contribution is 2.36. The number of benzene rings is 2. The van der Waals surface area contributed by atoms with E-state index in [0.717, 1.165) is 17.8 Å². The first-order valence-electron chi connectivity index (χ1n) is 8.26. The van der Waals surface area contributed by atoms with Gasteiger partial charge in [0.2, 0.25) is 5.95 Å². The van der Waals surface area contributed by atoms with Crippen molar-refractivity contribution in [2.75, 3.05) is 10.2 Å². The molecular weight excluding hydrogens is 317 g/mol. The second-order valence-electron chi connectivity index (χ2n) is 6.17. The third-order valence-corrected chi connectivity index (χ3v) is 4.36. The van der Waals surface area contributed by atoms with Gasteiger partial charge < -0.3 is 10.2 Å². The molecule has 3 aromatic rings. The zero-order valence-electron chi connectivity index (χ0n) is 13.9. The summed E-state index contributed by atoms with van der Waals surface area (Å²) in [4.78, 5) is 6.79. The number of nitrogens with zero attached hydrogens (tertiary/aromatic N) is 4. The Labute approximate surface area is 145 Å². The normalized spacial score (nSPS) is 15.9. The van der Waals surface area contributed by atoms with Gasteiger partial charge in [0, 0.05) is 18.3 Å². The molecule has 4 rings (SSSR count). The Morgan fingerprint density at radius 3 is 2.80 bits per heavy atom. The number of fused-ring (bicyclic) bond motifs is 1. The van der Waals surface area contributed by atoms with Gasteiger partial charge >= 0.3 is 0 Å². The first-order chi connectivity index (χ1) is 12.2. The molecule has 0 fully saturated rings. The molecule has 0 spiro atoms. The Hall–Kier alpha value is -3.02. The van der Waals surface area contributed by atoms with Crippen molar-refractivity contribution in [2.45, 2.75) is 25.9 Å². The van der Waals surface area contributed by atoms with Crippen LogP contribution >= 0.6 is 0 Å². The van der Waals surface area contributed by atoms with E-state index in [1.807, 2.05) is 6.07 Å². The van der Waals surface area contributed by atoms with Crippen molar-refractivity contribution in [3.63, 3.8) is 0 Å². The molecule has 126 valence electrons. The molecule has 1 aromatic heterocycles. The number of para-hydroxylation sites is 1. The maximum absolute atomic E-state index is 13.0. The summed E-state index contributed by atoms with van der Waals surface area (Å²) in [7, 11) is 0. The molecule has 1 atom stereocenters. The molecule has 1 aliphatic heterocycles. The van der Waals surface area contributed by atoms with Gasteiger partial charge in [0.1, 0.15) is 5.82 Å². The highest BCUT2D eigenvalue weighted by atomic mass is 19.1. The summed E-state index contributed by atoms with van der Waals surface area (Å²) in [6, 6.07) is 15.0. The average molecular weight is 335 g/mol. The van der Waals surface area contributed by atoms with Crippen LogP contribution in [0, 0.1) is 5.82 Å². The minimum Gasteiger partial charge on any atom is -0.349 e. The molecule has 0 radical (unpaired) electrons. The maximum atomic E-state index is 13.0. The summed E-state index contributed by atoms with van der Waals surface area (Å²) < 4.78 is 13.0. The van der Waals surface area contributed by atoms with Gasteiger partial charge in [-0.25, -0.2) is 4.39 Å². The quantitative estimate of drug-likeness (QED) is 0.788. The Balaban J connectivity index is 1.54. The smallest absolute Gasteiger partial charge is 0.244 e. The molecule has 2 heterocycles. The lowest BCUT2D eigenvalue weighted by Crippen LogP contribution is -2.25. The van der Waals surface area contributed by atoms with E-state index in [9.17, 15) is 4.39 Å². The van der Waals surface area contributed by atoms with Crippen LogP contribution < -0.4 is 10.2 Å². The third kappa shape index (κ3) is 3.15. The molecule has 0 bridgehead atoms. The van der Waals surface area contributed by atoms with E-state index >= 15 is 0 Å². The van der Waals surface area contributed by atoms with Crippen molar-refractivity contribution in [2.24, 2.45) is 0 Å². The Kier molecular flexibility index (Phi) is 4.01. The Bertz CT molecular complexity index is 881. The van der Waals surface area contributed by atoms with Crippen LogP contribution in [0.2, 0.25) is 0 Å². The molecule has 0 amide bonds. The number of nitrogens with one attached hydrogen (secondary N) is 1. The molecule has 6 heteroatoms. The second kappa shape index (κ2) is 6.47. The molecular formula is C19H18FN5.